The smallest absolute Gasteiger partial charge is 0.423 e. The molecule has 0 aliphatic rings. The van der Waals surface area contributed by atoms with Gasteiger partial charge in [-0.05, 0) is 17.6 Å². The highest BCUT2D eigenvalue weighted by Gasteiger charge is 2.09. The first-order valence-corrected chi connectivity index (χ1v) is 3.82. The third-order valence-electron chi connectivity index (χ3n) is 1.31. The fraction of sp³-hybridized carbons (Fsp3) is 0.111. The van der Waals surface area contributed by atoms with E-state index in [1.807, 2.05) is 6.07 Å². The topological polar surface area (TPSA) is 88.0 Å². The molecule has 1 aromatic rings. The van der Waals surface area contributed by atoms with Crippen LogP contribution in [0.15, 0.2) is 24.3 Å². The van der Waals surface area contributed by atoms with E-state index in [0.29, 0.717) is 11.0 Å². The molecular formula is C9H9BN2O2. The monoisotopic (exact) mass is 188 g/mol. The Bertz CT molecular complexity index is 366. The Morgan fingerprint density at radius 3 is 2.29 bits per heavy atom. The molecule has 0 amide bonds. The molecule has 0 heterocycles. The Kier molecular flexibility index (Phi) is 5.81. The summed E-state index contributed by atoms with van der Waals surface area (Å²) < 4.78 is 0. The van der Waals surface area contributed by atoms with E-state index in [1.165, 1.54) is 13.0 Å². The van der Waals surface area contributed by atoms with Gasteiger partial charge in [0, 0.05) is 6.92 Å². The lowest BCUT2D eigenvalue weighted by Gasteiger charge is -1.97. The van der Waals surface area contributed by atoms with Gasteiger partial charge in [0.25, 0.3) is 0 Å². The SMILES string of the molecule is CC#N.N#Cc1cccc(B(O)O)c1. The summed E-state index contributed by atoms with van der Waals surface area (Å²) in [6.07, 6.45) is 0. The summed E-state index contributed by atoms with van der Waals surface area (Å²) in [5, 5.41) is 33.1. The number of nitrogens with zero attached hydrogens (tertiary/aromatic N) is 2. The largest absolute Gasteiger partial charge is 0.488 e. The zero-order valence-corrected chi connectivity index (χ0v) is 7.68. The fourth-order valence-corrected chi connectivity index (χ4v) is 0.769. The van der Waals surface area contributed by atoms with Crippen molar-refractivity contribution >= 4 is 12.6 Å². The number of benzene rings is 1. The minimum absolute atomic E-state index is 0.337. The lowest BCUT2D eigenvalue weighted by atomic mass is 9.80. The van der Waals surface area contributed by atoms with Crippen molar-refractivity contribution in [1.82, 2.24) is 0 Å². The minimum Gasteiger partial charge on any atom is -0.423 e. The quantitative estimate of drug-likeness (QED) is 0.595. The van der Waals surface area contributed by atoms with Gasteiger partial charge >= 0.3 is 7.12 Å². The first-order valence-electron chi connectivity index (χ1n) is 3.82. The third kappa shape index (κ3) is 4.27. The van der Waals surface area contributed by atoms with Crippen molar-refractivity contribution in [3.8, 4) is 12.1 Å². The number of rotatable bonds is 1. The van der Waals surface area contributed by atoms with Gasteiger partial charge in [0.1, 0.15) is 0 Å². The van der Waals surface area contributed by atoms with Gasteiger partial charge in [0.05, 0.1) is 17.7 Å². The summed E-state index contributed by atoms with van der Waals surface area (Å²) in [6.45, 7) is 1.43. The zero-order chi connectivity index (χ0) is 11.0. The molecule has 0 fully saturated rings. The standard InChI is InChI=1S/C7H6BNO2.C2H3N/c9-5-6-2-1-3-7(4-6)8(10)11;1-2-3/h1-4,10-11H;1H3. The molecule has 0 saturated carbocycles. The van der Waals surface area contributed by atoms with E-state index >= 15 is 0 Å². The number of hydrogen-bond acceptors (Lipinski definition) is 4. The molecule has 0 spiro atoms. The fourth-order valence-electron chi connectivity index (χ4n) is 0.769. The van der Waals surface area contributed by atoms with Gasteiger partial charge in [-0.3, -0.25) is 0 Å². The lowest BCUT2D eigenvalue weighted by Crippen LogP contribution is -2.29. The second kappa shape index (κ2) is 6.67. The Morgan fingerprint density at radius 1 is 1.29 bits per heavy atom. The number of hydrogen-bond donors (Lipinski definition) is 2. The van der Waals surface area contributed by atoms with Crippen molar-refractivity contribution in [2.45, 2.75) is 6.92 Å². The van der Waals surface area contributed by atoms with Crippen LogP contribution in [0.5, 0.6) is 0 Å². The second-order valence-electron chi connectivity index (χ2n) is 2.33. The average molecular weight is 188 g/mol. The molecule has 5 heteroatoms. The maximum Gasteiger partial charge on any atom is 0.488 e. The molecule has 70 valence electrons. The Balaban J connectivity index is 0.000000500. The maximum absolute atomic E-state index is 8.69. The molecule has 0 unspecified atom stereocenters. The van der Waals surface area contributed by atoms with Gasteiger partial charge in [0.15, 0.2) is 0 Å². The van der Waals surface area contributed by atoms with E-state index in [0.717, 1.165) is 0 Å². The first kappa shape index (κ1) is 12.2. The lowest BCUT2D eigenvalue weighted by molar-refractivity contribution is 0.426. The zero-order valence-electron chi connectivity index (χ0n) is 7.68. The van der Waals surface area contributed by atoms with Crippen LogP contribution in [0.3, 0.4) is 0 Å². The van der Waals surface area contributed by atoms with Crippen LogP contribution in [0.25, 0.3) is 0 Å². The molecule has 0 atom stereocenters. The van der Waals surface area contributed by atoms with E-state index in [4.69, 9.17) is 20.6 Å². The van der Waals surface area contributed by atoms with Crippen molar-refractivity contribution in [1.29, 1.82) is 10.5 Å². The third-order valence-corrected chi connectivity index (χ3v) is 1.31. The van der Waals surface area contributed by atoms with Crippen LogP contribution in [-0.4, -0.2) is 17.2 Å². The van der Waals surface area contributed by atoms with Gasteiger partial charge < -0.3 is 10.0 Å². The molecule has 14 heavy (non-hydrogen) atoms. The van der Waals surface area contributed by atoms with E-state index in [1.54, 1.807) is 24.3 Å². The van der Waals surface area contributed by atoms with Crippen LogP contribution >= 0.6 is 0 Å². The van der Waals surface area contributed by atoms with Gasteiger partial charge in [-0.2, -0.15) is 10.5 Å². The Hall–Kier alpha value is -1.82. The van der Waals surface area contributed by atoms with Gasteiger partial charge in [0.2, 0.25) is 0 Å². The van der Waals surface area contributed by atoms with Crippen LogP contribution in [0.4, 0.5) is 0 Å². The second-order valence-corrected chi connectivity index (χ2v) is 2.33. The van der Waals surface area contributed by atoms with Gasteiger partial charge in [-0.1, -0.05) is 12.1 Å². The molecule has 0 aliphatic carbocycles. The molecule has 0 aromatic heterocycles. The van der Waals surface area contributed by atoms with Gasteiger partial charge in [-0.25, -0.2) is 0 Å². The average Bonchev–Trinajstić information content (AvgIpc) is 2.19. The molecule has 0 saturated heterocycles. The highest BCUT2D eigenvalue weighted by atomic mass is 16.4. The summed E-state index contributed by atoms with van der Waals surface area (Å²) in [4.78, 5) is 0. The van der Waals surface area contributed by atoms with Gasteiger partial charge in [-0.15, -0.1) is 0 Å². The van der Waals surface area contributed by atoms with Crippen LogP contribution in [-0.2, 0) is 0 Å². The van der Waals surface area contributed by atoms with Crippen molar-refractivity contribution < 1.29 is 10.0 Å². The van der Waals surface area contributed by atoms with E-state index in [9.17, 15) is 0 Å². The molecular weight excluding hydrogens is 179 g/mol. The Morgan fingerprint density at radius 2 is 1.86 bits per heavy atom. The highest BCUT2D eigenvalue weighted by molar-refractivity contribution is 6.58. The predicted molar refractivity (Wildman–Crippen MR) is 52.3 cm³/mol. The summed E-state index contributed by atoms with van der Waals surface area (Å²) in [5.41, 5.74) is 0.764. The molecule has 0 aliphatic heterocycles. The van der Waals surface area contributed by atoms with Crippen molar-refractivity contribution in [2.75, 3.05) is 0 Å². The summed E-state index contributed by atoms with van der Waals surface area (Å²) in [7, 11) is -1.50. The van der Waals surface area contributed by atoms with Crippen LogP contribution < -0.4 is 5.46 Å². The van der Waals surface area contributed by atoms with Crippen LogP contribution in [0.1, 0.15) is 12.5 Å². The molecule has 4 nitrogen and oxygen atoms in total. The maximum atomic E-state index is 8.69. The van der Waals surface area contributed by atoms with E-state index in [2.05, 4.69) is 0 Å². The summed E-state index contributed by atoms with van der Waals surface area (Å²) >= 11 is 0. The Labute approximate surface area is 82.8 Å². The minimum atomic E-state index is -1.50. The van der Waals surface area contributed by atoms with Crippen molar-refractivity contribution in [2.24, 2.45) is 0 Å². The van der Waals surface area contributed by atoms with Crippen LogP contribution in [0.2, 0.25) is 0 Å². The summed E-state index contributed by atoms with van der Waals surface area (Å²) in [6, 6.07) is 9.84. The van der Waals surface area contributed by atoms with Crippen molar-refractivity contribution in [3.63, 3.8) is 0 Å². The normalized spacial score (nSPS) is 7.50. The van der Waals surface area contributed by atoms with Crippen molar-refractivity contribution in [3.05, 3.63) is 29.8 Å². The molecule has 2 N–H and O–H groups in total. The molecule has 1 aromatic carbocycles. The van der Waals surface area contributed by atoms with E-state index < -0.39 is 7.12 Å². The number of nitriles is 2. The highest BCUT2D eigenvalue weighted by Crippen LogP contribution is 1.93. The first-order chi connectivity index (χ1) is 6.65. The summed E-state index contributed by atoms with van der Waals surface area (Å²) in [5.74, 6) is 0. The molecule has 1 rings (SSSR count). The molecule has 0 bridgehead atoms. The van der Waals surface area contributed by atoms with E-state index in [-0.39, 0.29) is 0 Å². The molecule has 0 radical (unpaired) electrons. The van der Waals surface area contributed by atoms with Crippen LogP contribution in [0, 0.1) is 22.7 Å². The predicted octanol–water partition coefficient (Wildman–Crippen LogP) is -0.232.